The molecule has 1 atom stereocenters. The van der Waals surface area contributed by atoms with Crippen LogP contribution in [0.25, 0.3) is 39.6 Å². The molecule has 3 aliphatic rings. The highest BCUT2D eigenvalue weighted by Crippen LogP contribution is 2.35. The lowest BCUT2D eigenvalue weighted by Gasteiger charge is -2.18. The van der Waals surface area contributed by atoms with Gasteiger partial charge in [0.15, 0.2) is 0 Å². The van der Waals surface area contributed by atoms with Crippen molar-refractivity contribution >= 4 is 23.0 Å². The Labute approximate surface area is 216 Å². The number of benzene rings is 3. The number of rotatable bonds is 5. The van der Waals surface area contributed by atoms with Crippen molar-refractivity contribution < 1.29 is 4.79 Å². The van der Waals surface area contributed by atoms with Crippen LogP contribution in [0.3, 0.4) is 0 Å². The van der Waals surface area contributed by atoms with E-state index in [1.54, 1.807) is 0 Å². The molecule has 3 aromatic carbocycles. The second-order valence-corrected chi connectivity index (χ2v) is 10.6. The van der Waals surface area contributed by atoms with Gasteiger partial charge < -0.3 is 9.47 Å². The van der Waals surface area contributed by atoms with E-state index in [0.29, 0.717) is 17.4 Å². The van der Waals surface area contributed by atoms with E-state index in [1.807, 2.05) is 23.1 Å². The van der Waals surface area contributed by atoms with Crippen LogP contribution in [-0.4, -0.2) is 33.4 Å². The zero-order valence-electron chi connectivity index (χ0n) is 20.7. The average Bonchev–Trinajstić information content (AvgIpc) is 3.32. The number of hydrogen-bond donors (Lipinski definition) is 0. The van der Waals surface area contributed by atoms with Crippen molar-refractivity contribution in [2.45, 2.75) is 32.2 Å². The highest BCUT2D eigenvalue weighted by molar-refractivity contribution is 5.86. The fourth-order valence-electron chi connectivity index (χ4n) is 5.94. The SMILES string of the molecule is N#Cc1cccc2nc(-c3ccc(-c4ccc5c(c4)C=CC5)cc3)n(C[C@@H]3CCN(C(=O)C4CC4)C3)c12. The number of nitrogens with zero attached hydrogens (tertiary/aromatic N) is 4. The van der Waals surface area contributed by atoms with E-state index in [0.717, 1.165) is 67.7 Å². The topological polar surface area (TPSA) is 61.9 Å². The fourth-order valence-corrected chi connectivity index (χ4v) is 5.94. The van der Waals surface area contributed by atoms with E-state index in [9.17, 15) is 10.1 Å². The Morgan fingerprint density at radius 1 is 1.00 bits per heavy atom. The van der Waals surface area contributed by atoms with Crippen LogP contribution in [0.4, 0.5) is 0 Å². The number of amides is 1. The molecule has 1 saturated carbocycles. The quantitative estimate of drug-likeness (QED) is 0.345. The van der Waals surface area contributed by atoms with Crippen LogP contribution in [0.2, 0.25) is 0 Å². The lowest BCUT2D eigenvalue weighted by molar-refractivity contribution is -0.131. The summed E-state index contributed by atoms with van der Waals surface area (Å²) >= 11 is 0. The molecule has 7 rings (SSSR count). The van der Waals surface area contributed by atoms with Gasteiger partial charge in [-0.15, -0.1) is 0 Å². The Balaban J connectivity index is 1.23. The molecular weight excluding hydrogens is 456 g/mol. The molecule has 1 saturated heterocycles. The Bertz CT molecular complexity index is 1600. The molecule has 0 bridgehead atoms. The van der Waals surface area contributed by atoms with E-state index < -0.39 is 0 Å². The van der Waals surface area contributed by atoms with Gasteiger partial charge in [-0.3, -0.25) is 4.79 Å². The first kappa shape index (κ1) is 22.1. The molecule has 0 spiro atoms. The summed E-state index contributed by atoms with van der Waals surface area (Å²) in [7, 11) is 0. The zero-order chi connectivity index (χ0) is 24.9. The fraction of sp³-hybridized carbons (Fsp3) is 0.281. The van der Waals surface area contributed by atoms with Gasteiger partial charge in [-0.2, -0.15) is 5.26 Å². The van der Waals surface area contributed by atoms with Crippen molar-refractivity contribution in [3.05, 3.63) is 83.4 Å². The van der Waals surface area contributed by atoms with Gasteiger partial charge in [-0.05, 0) is 72.1 Å². The van der Waals surface area contributed by atoms with Crippen molar-refractivity contribution in [2.24, 2.45) is 11.8 Å². The minimum Gasteiger partial charge on any atom is -0.342 e. The molecule has 5 nitrogen and oxygen atoms in total. The number of nitriles is 1. The number of carbonyl (C=O) groups excluding carboxylic acids is 1. The Morgan fingerprint density at radius 2 is 1.81 bits per heavy atom. The maximum atomic E-state index is 12.6. The first-order valence-corrected chi connectivity index (χ1v) is 13.3. The van der Waals surface area contributed by atoms with Gasteiger partial charge in [-0.1, -0.05) is 54.6 Å². The summed E-state index contributed by atoms with van der Waals surface area (Å²) in [5, 5.41) is 9.86. The molecule has 182 valence electrons. The third-order valence-electron chi connectivity index (χ3n) is 8.11. The Morgan fingerprint density at radius 3 is 2.62 bits per heavy atom. The molecule has 2 aliphatic carbocycles. The highest BCUT2D eigenvalue weighted by Gasteiger charge is 2.37. The number of allylic oxidation sites excluding steroid dienone is 1. The van der Waals surface area contributed by atoms with Gasteiger partial charge in [0, 0.05) is 31.1 Å². The molecule has 1 amide bonds. The van der Waals surface area contributed by atoms with Crippen molar-refractivity contribution in [3.8, 4) is 28.6 Å². The van der Waals surface area contributed by atoms with Crippen LogP contribution in [-0.2, 0) is 17.8 Å². The normalized spacial score (nSPS) is 18.4. The molecule has 2 heterocycles. The average molecular weight is 485 g/mol. The summed E-state index contributed by atoms with van der Waals surface area (Å²) in [5.41, 5.74) is 8.48. The predicted molar refractivity (Wildman–Crippen MR) is 145 cm³/mol. The predicted octanol–water partition coefficient (Wildman–Crippen LogP) is 6.07. The molecule has 5 heteroatoms. The van der Waals surface area contributed by atoms with Crippen molar-refractivity contribution in [3.63, 3.8) is 0 Å². The number of para-hydroxylation sites is 1. The van der Waals surface area contributed by atoms with Crippen molar-refractivity contribution in [2.75, 3.05) is 13.1 Å². The van der Waals surface area contributed by atoms with Gasteiger partial charge in [0.1, 0.15) is 11.9 Å². The third kappa shape index (κ3) is 3.94. The summed E-state index contributed by atoms with van der Waals surface area (Å²) in [6.45, 7) is 2.37. The summed E-state index contributed by atoms with van der Waals surface area (Å²) in [5.74, 6) is 1.82. The minimum absolute atomic E-state index is 0.258. The van der Waals surface area contributed by atoms with E-state index in [4.69, 9.17) is 4.98 Å². The second kappa shape index (κ2) is 8.74. The van der Waals surface area contributed by atoms with Gasteiger partial charge in [0.05, 0.1) is 16.6 Å². The van der Waals surface area contributed by atoms with E-state index in [-0.39, 0.29) is 5.92 Å². The van der Waals surface area contributed by atoms with E-state index >= 15 is 0 Å². The second-order valence-electron chi connectivity index (χ2n) is 10.6. The first-order chi connectivity index (χ1) is 18.2. The molecule has 0 radical (unpaired) electrons. The molecule has 4 aromatic rings. The summed E-state index contributed by atoms with van der Waals surface area (Å²) in [4.78, 5) is 19.7. The molecular formula is C32H28N4O. The zero-order valence-corrected chi connectivity index (χ0v) is 20.7. The summed E-state index contributed by atoms with van der Waals surface area (Å²) in [6.07, 6.45) is 8.49. The number of hydrogen-bond acceptors (Lipinski definition) is 3. The van der Waals surface area contributed by atoms with Crippen LogP contribution in [0, 0.1) is 23.2 Å². The Kier molecular flexibility index (Phi) is 5.21. The number of fused-ring (bicyclic) bond motifs is 2. The standard InChI is InChI=1S/C32H28N4O/c33-18-28-5-2-6-29-30(28)36(20-21-15-16-35(19-21)32(37)25-12-13-25)31(34-29)24-10-7-23(8-11-24)27-14-9-22-3-1-4-26(22)17-27/h1-2,4-11,14,17,21,25H,3,12-13,15-16,19-20H2/t21-/m1/s1. The molecule has 0 N–H and O–H groups in total. The van der Waals surface area contributed by atoms with Crippen molar-refractivity contribution in [1.82, 2.24) is 14.5 Å². The molecule has 2 fully saturated rings. The maximum Gasteiger partial charge on any atom is 0.225 e. The molecule has 37 heavy (non-hydrogen) atoms. The molecule has 1 aromatic heterocycles. The number of imidazole rings is 1. The van der Waals surface area contributed by atoms with Crippen LogP contribution in [0.15, 0.2) is 66.7 Å². The summed E-state index contributed by atoms with van der Waals surface area (Å²) < 4.78 is 2.22. The van der Waals surface area contributed by atoms with Crippen LogP contribution in [0.1, 0.15) is 36.0 Å². The van der Waals surface area contributed by atoms with Crippen LogP contribution >= 0.6 is 0 Å². The van der Waals surface area contributed by atoms with E-state index in [2.05, 4.69) is 65.3 Å². The van der Waals surface area contributed by atoms with Gasteiger partial charge in [-0.25, -0.2) is 4.98 Å². The lowest BCUT2D eigenvalue weighted by Crippen LogP contribution is -2.30. The van der Waals surface area contributed by atoms with Gasteiger partial charge in [0.25, 0.3) is 0 Å². The Hall–Kier alpha value is -4.17. The minimum atomic E-state index is 0.258. The third-order valence-corrected chi connectivity index (χ3v) is 8.11. The molecule has 1 aliphatic heterocycles. The number of likely N-dealkylation sites (tertiary alicyclic amines) is 1. The van der Waals surface area contributed by atoms with Gasteiger partial charge in [0.2, 0.25) is 5.91 Å². The van der Waals surface area contributed by atoms with Crippen molar-refractivity contribution in [1.29, 1.82) is 5.26 Å². The smallest absolute Gasteiger partial charge is 0.225 e. The number of carbonyl (C=O) groups is 1. The van der Waals surface area contributed by atoms with Crippen LogP contribution < -0.4 is 0 Å². The first-order valence-electron chi connectivity index (χ1n) is 13.3. The maximum absolute atomic E-state index is 12.6. The summed E-state index contributed by atoms with van der Waals surface area (Å²) in [6, 6.07) is 23.4. The van der Waals surface area contributed by atoms with Crippen LogP contribution in [0.5, 0.6) is 0 Å². The largest absolute Gasteiger partial charge is 0.342 e. The lowest BCUT2D eigenvalue weighted by atomic mass is 9.99. The number of aromatic nitrogens is 2. The monoisotopic (exact) mass is 484 g/mol. The van der Waals surface area contributed by atoms with E-state index in [1.165, 1.54) is 22.3 Å². The van der Waals surface area contributed by atoms with Gasteiger partial charge >= 0.3 is 0 Å². The highest BCUT2D eigenvalue weighted by atomic mass is 16.2. The molecule has 0 unspecified atom stereocenters.